The molecule has 0 aliphatic carbocycles. The maximum atomic E-state index is 0. The average Bonchev–Trinajstić information content (AvgIpc) is 0. The van der Waals surface area contributed by atoms with E-state index < -0.39 is 0 Å². The van der Waals surface area contributed by atoms with Crippen LogP contribution in [0.2, 0.25) is 0 Å². The number of hydrogen-bond donors (Lipinski definition) is 0. The van der Waals surface area contributed by atoms with Crippen LogP contribution >= 0.6 is 0 Å². The van der Waals surface area contributed by atoms with Gasteiger partial charge in [0.05, 0.1) is 0 Å². The van der Waals surface area contributed by atoms with E-state index in [0.717, 1.165) is 0 Å². The Kier molecular flexibility index (Phi) is 449. The molecule has 0 fully saturated rings. The molecule has 4 heavy (non-hydrogen) atoms. The summed E-state index contributed by atoms with van der Waals surface area (Å²) in [5, 5.41) is 0. The molecule has 24 valence electrons. The Labute approximate surface area is 53.3 Å². The van der Waals surface area contributed by atoms with Crippen molar-refractivity contribution in [3.8, 4) is 0 Å². The van der Waals surface area contributed by atoms with Crippen molar-refractivity contribution in [2.75, 3.05) is 0 Å². The molecule has 0 N–H and O–H groups in total. The standard InChI is InChI=1S/C.N.Pt.V. The van der Waals surface area contributed by atoms with E-state index in [4.69, 9.17) is 0 Å². The molecule has 0 amide bonds. The molecule has 0 aliphatic rings. The van der Waals surface area contributed by atoms with E-state index >= 15 is 0 Å². The smallest absolute Gasteiger partial charge is 0 e. The molecule has 0 heterocycles. The quantitative estimate of drug-likeness (QED) is 0.574. The van der Waals surface area contributed by atoms with Crippen molar-refractivity contribution in [1.82, 2.24) is 6.15 Å². The van der Waals surface area contributed by atoms with E-state index in [1.165, 1.54) is 0 Å². The second kappa shape index (κ2) is 29.1. The maximum absolute atomic E-state index is 0. The summed E-state index contributed by atoms with van der Waals surface area (Å²) in [5.41, 5.74) is 0. The number of rotatable bonds is 0. The molecule has 0 spiro atoms. The van der Waals surface area contributed by atoms with Gasteiger partial charge in [-0.3, -0.25) is 0 Å². The summed E-state index contributed by atoms with van der Waals surface area (Å²) in [7, 11) is 0. The fourth-order valence-electron chi connectivity index (χ4n) is 0. The van der Waals surface area contributed by atoms with Gasteiger partial charge in [-0.1, -0.05) is 0 Å². The molecule has 0 aliphatic heterocycles. The summed E-state index contributed by atoms with van der Waals surface area (Å²) in [5.74, 6) is 0. The molecule has 0 atom stereocenters. The first-order valence-corrected chi connectivity index (χ1v) is 0. The third-order valence-electron chi connectivity index (χ3n) is 0. The minimum Gasteiger partial charge on any atom is 0 e. The van der Waals surface area contributed by atoms with Gasteiger partial charge in [-0.25, -0.2) is 0 Å². The topological polar surface area (TPSA) is 30.5 Å². The second-order valence-corrected chi connectivity index (χ2v) is 0. The monoisotopic (exact) mass is 272 g/mol. The van der Waals surface area contributed by atoms with Gasteiger partial charge in [0.25, 0.3) is 0 Å². The molecular weight excluding hydrogens is 272 g/mol. The third-order valence-corrected chi connectivity index (χ3v) is 0. The molecule has 0 rings (SSSR count). The molecule has 0 unspecified atom stereocenters. The summed E-state index contributed by atoms with van der Waals surface area (Å²) in [4.78, 5) is 0. The zero-order valence-corrected chi connectivity index (χ0v) is 5.38. The van der Waals surface area contributed by atoms with Gasteiger partial charge in [0.2, 0.25) is 0 Å². The van der Waals surface area contributed by atoms with E-state index in [1.807, 2.05) is 0 Å². The Balaban J connectivity index is 0. The van der Waals surface area contributed by atoms with E-state index in [9.17, 15) is 0 Å². The third kappa shape index (κ3) is 10.6. The average molecular weight is 272 g/mol. The van der Waals surface area contributed by atoms with Crippen molar-refractivity contribution < 1.29 is 39.6 Å². The summed E-state index contributed by atoms with van der Waals surface area (Å²) in [6.45, 7) is 0. The Morgan fingerprint density at radius 2 is 1.00 bits per heavy atom. The summed E-state index contributed by atoms with van der Waals surface area (Å²) >= 11 is 0. The minimum absolute atomic E-state index is 0. The minimum atomic E-state index is 0. The second-order valence-electron chi connectivity index (χ2n) is 0. The summed E-state index contributed by atoms with van der Waals surface area (Å²) in [6, 6.07) is 0. The molecule has 0 aromatic rings. The Morgan fingerprint density at radius 3 is 1.00 bits per heavy atom. The van der Waals surface area contributed by atoms with Gasteiger partial charge in [0.15, 0.2) is 0 Å². The molecule has 0 aromatic carbocycles. The van der Waals surface area contributed by atoms with Crippen molar-refractivity contribution in [1.29, 1.82) is 0 Å². The van der Waals surface area contributed by atoms with Gasteiger partial charge < -0.3 is 0 Å². The van der Waals surface area contributed by atoms with Crippen molar-refractivity contribution >= 4 is 0 Å². The van der Waals surface area contributed by atoms with Crippen molar-refractivity contribution in [3.63, 3.8) is 0 Å². The van der Waals surface area contributed by atoms with Crippen LogP contribution < -0.4 is 6.15 Å². The predicted molar refractivity (Wildman–Crippen MR) is 5.38 cm³/mol. The SMILES string of the molecule is [C].[N].[Pt].[V]. The van der Waals surface area contributed by atoms with Crippen LogP contribution in [0.5, 0.6) is 0 Å². The molecular formula is CNPtV. The number of nitrogens with zero attached hydrogens (tertiary/aromatic N) is 1. The predicted octanol–water partition coefficient (Wildman–Crippen LogP) is -0.404. The van der Waals surface area contributed by atoms with Gasteiger partial charge in [0, 0.05) is 53.2 Å². The van der Waals surface area contributed by atoms with Crippen LogP contribution in [0.3, 0.4) is 0 Å². The largest absolute Gasteiger partial charge is 0 e. The van der Waals surface area contributed by atoms with Gasteiger partial charge in [0.1, 0.15) is 0 Å². The normalized spacial score (nSPS) is 0. The fourth-order valence-corrected chi connectivity index (χ4v) is 0. The Hall–Kier alpha value is 1.23. The molecule has 0 saturated heterocycles. The molecule has 3 heteroatoms. The maximum Gasteiger partial charge on any atom is 0 e. The summed E-state index contributed by atoms with van der Waals surface area (Å²) in [6.07, 6.45) is 0. The first-order chi connectivity index (χ1) is 0. The van der Waals surface area contributed by atoms with Crippen molar-refractivity contribution in [3.05, 3.63) is 7.43 Å². The van der Waals surface area contributed by atoms with E-state index in [1.54, 1.807) is 0 Å². The van der Waals surface area contributed by atoms with E-state index in [0.29, 0.717) is 0 Å². The van der Waals surface area contributed by atoms with Crippen LogP contribution in [-0.4, -0.2) is 0 Å². The van der Waals surface area contributed by atoms with Crippen molar-refractivity contribution in [2.45, 2.75) is 0 Å². The van der Waals surface area contributed by atoms with Crippen LogP contribution in [0.1, 0.15) is 0 Å². The van der Waals surface area contributed by atoms with Gasteiger partial charge in [-0.05, 0) is 0 Å². The Bertz CT molecular complexity index is 8.00. The van der Waals surface area contributed by atoms with Crippen molar-refractivity contribution in [2.24, 2.45) is 0 Å². The first-order valence-electron chi connectivity index (χ1n) is 0. The first kappa shape index (κ1) is 61.7. The van der Waals surface area contributed by atoms with Crippen LogP contribution in [0.25, 0.3) is 0 Å². The zero-order valence-electron chi connectivity index (χ0n) is 1.71. The van der Waals surface area contributed by atoms with Gasteiger partial charge in [-0.2, -0.15) is 0 Å². The molecule has 0 aromatic heterocycles. The van der Waals surface area contributed by atoms with E-state index in [2.05, 4.69) is 0 Å². The van der Waals surface area contributed by atoms with Crippen LogP contribution in [-0.2, 0) is 39.6 Å². The molecule has 0 bridgehead atoms. The fraction of sp³-hybridized carbons (Fsp3) is 0. The van der Waals surface area contributed by atoms with Crippen LogP contribution in [0.4, 0.5) is 0 Å². The van der Waals surface area contributed by atoms with Gasteiger partial charge >= 0.3 is 0 Å². The molecule has 0 saturated carbocycles. The summed E-state index contributed by atoms with van der Waals surface area (Å²) < 4.78 is 0. The van der Waals surface area contributed by atoms with Crippen LogP contribution in [0.15, 0.2) is 0 Å². The Morgan fingerprint density at radius 1 is 1.00 bits per heavy atom. The zero-order chi connectivity index (χ0) is 0. The molecule has 1 nitrogen and oxygen atoms in total. The van der Waals surface area contributed by atoms with Gasteiger partial charge in [-0.15, -0.1) is 0 Å². The van der Waals surface area contributed by atoms with Crippen LogP contribution in [0, 0.1) is 7.43 Å². The molecule has 8 radical (unpaired) electrons. The number of hydrogen-bond acceptors (Lipinski definition) is 0. The van der Waals surface area contributed by atoms with E-state index in [-0.39, 0.29) is 53.2 Å².